The fraction of sp³-hybridized carbons (Fsp3) is 0.381. The van der Waals surface area contributed by atoms with Gasteiger partial charge in [0.25, 0.3) is 5.91 Å². The van der Waals surface area contributed by atoms with Gasteiger partial charge in [-0.25, -0.2) is 0 Å². The average Bonchev–Trinajstić information content (AvgIpc) is 3.46. The van der Waals surface area contributed by atoms with Crippen molar-refractivity contribution in [2.45, 2.75) is 37.1 Å². The van der Waals surface area contributed by atoms with E-state index >= 15 is 0 Å². The van der Waals surface area contributed by atoms with Crippen LogP contribution >= 0.6 is 0 Å². The van der Waals surface area contributed by atoms with Crippen LogP contribution in [0.2, 0.25) is 0 Å². The second-order valence-electron chi connectivity index (χ2n) is 6.87. The number of carbonyl (C=O) groups is 1. The molecule has 4 heteroatoms. The molecule has 4 rings (SSSR count). The van der Waals surface area contributed by atoms with Crippen molar-refractivity contribution >= 4 is 5.91 Å². The van der Waals surface area contributed by atoms with Crippen LogP contribution in [0.15, 0.2) is 60.7 Å². The summed E-state index contributed by atoms with van der Waals surface area (Å²) in [5.41, 5.74) is 0.439. The highest BCUT2D eigenvalue weighted by Gasteiger charge is 2.69. The lowest BCUT2D eigenvalue weighted by Crippen LogP contribution is -2.47. The number of likely N-dealkylation sites (tertiary alicyclic amines) is 1. The highest BCUT2D eigenvalue weighted by Crippen LogP contribution is 2.57. The fourth-order valence-electron chi connectivity index (χ4n) is 3.82. The summed E-state index contributed by atoms with van der Waals surface area (Å²) in [6, 6.07) is 19.0. The second kappa shape index (κ2) is 6.62. The minimum Gasteiger partial charge on any atom is -0.385 e. The quantitative estimate of drug-likeness (QED) is 0.872. The molecule has 0 unspecified atom stereocenters. The van der Waals surface area contributed by atoms with Gasteiger partial charge in [-0.05, 0) is 30.4 Å². The van der Waals surface area contributed by atoms with Crippen LogP contribution in [0.25, 0.3) is 0 Å². The van der Waals surface area contributed by atoms with Crippen molar-refractivity contribution in [1.82, 2.24) is 4.90 Å². The van der Waals surface area contributed by atoms with Gasteiger partial charge in [-0.2, -0.15) is 0 Å². The molecule has 0 radical (unpaired) electrons. The zero-order chi connectivity index (χ0) is 17.3. The lowest BCUT2D eigenvalue weighted by Gasteiger charge is -2.31. The van der Waals surface area contributed by atoms with E-state index in [0.29, 0.717) is 5.56 Å². The van der Waals surface area contributed by atoms with E-state index in [-0.39, 0.29) is 5.91 Å². The Morgan fingerprint density at radius 2 is 1.60 bits per heavy atom. The molecule has 3 atom stereocenters. The van der Waals surface area contributed by atoms with Gasteiger partial charge in [0, 0.05) is 13.1 Å². The van der Waals surface area contributed by atoms with Crippen LogP contribution in [0.5, 0.6) is 0 Å². The molecule has 1 N–H and O–H groups in total. The smallest absolute Gasteiger partial charge is 0.261 e. The zero-order valence-electron chi connectivity index (χ0n) is 14.2. The summed E-state index contributed by atoms with van der Waals surface area (Å²) >= 11 is 0. The topological polar surface area (TPSA) is 53.1 Å². The summed E-state index contributed by atoms with van der Waals surface area (Å²) in [6.07, 6.45) is 1.80. The predicted molar refractivity (Wildman–Crippen MR) is 94.8 cm³/mol. The minimum atomic E-state index is -1.21. The Morgan fingerprint density at radius 1 is 1.00 bits per heavy atom. The number of carbonyl (C=O) groups excluding carboxylic acids is 1. The average molecular weight is 337 g/mol. The maximum Gasteiger partial charge on any atom is 0.261 e. The summed E-state index contributed by atoms with van der Waals surface area (Å²) in [6.45, 7) is 1.49. The SMILES string of the molecule is O=C(N1CCCCC1)[C@]1([C@@H](O)c2ccccc2)O[C@H]1c1ccccc1. The maximum absolute atomic E-state index is 13.3. The Kier molecular flexibility index (Phi) is 4.32. The number of piperidine rings is 1. The van der Waals surface area contributed by atoms with Crippen LogP contribution in [0.3, 0.4) is 0 Å². The molecule has 25 heavy (non-hydrogen) atoms. The van der Waals surface area contributed by atoms with Crippen LogP contribution in [0.1, 0.15) is 42.6 Å². The number of hydrogen-bond acceptors (Lipinski definition) is 3. The normalized spacial score (nSPS) is 26.9. The summed E-state index contributed by atoms with van der Waals surface area (Å²) < 4.78 is 5.98. The Hall–Kier alpha value is -2.17. The molecule has 2 fully saturated rings. The van der Waals surface area contributed by atoms with Crippen molar-refractivity contribution in [3.8, 4) is 0 Å². The van der Waals surface area contributed by atoms with E-state index in [4.69, 9.17) is 4.74 Å². The molecular formula is C21H23NO3. The van der Waals surface area contributed by atoms with Gasteiger partial charge in [-0.15, -0.1) is 0 Å². The van der Waals surface area contributed by atoms with Crippen molar-refractivity contribution in [3.63, 3.8) is 0 Å². The number of amides is 1. The molecule has 0 aromatic heterocycles. The van der Waals surface area contributed by atoms with Gasteiger partial charge >= 0.3 is 0 Å². The molecular weight excluding hydrogens is 314 g/mol. The number of epoxide rings is 1. The third-order valence-electron chi connectivity index (χ3n) is 5.25. The summed E-state index contributed by atoms with van der Waals surface area (Å²) in [4.78, 5) is 15.2. The number of rotatable bonds is 4. The molecule has 0 aliphatic carbocycles. The van der Waals surface area contributed by atoms with Gasteiger partial charge in [0.15, 0.2) is 0 Å². The van der Waals surface area contributed by atoms with E-state index in [2.05, 4.69) is 0 Å². The Morgan fingerprint density at radius 3 is 2.24 bits per heavy atom. The number of aliphatic hydroxyl groups excluding tert-OH is 1. The summed E-state index contributed by atoms with van der Waals surface area (Å²) in [5.74, 6) is -0.0857. The van der Waals surface area contributed by atoms with E-state index < -0.39 is 17.8 Å². The molecule has 0 bridgehead atoms. The van der Waals surface area contributed by atoms with Gasteiger partial charge in [0.05, 0.1) is 0 Å². The summed E-state index contributed by atoms with van der Waals surface area (Å²) in [7, 11) is 0. The van der Waals surface area contributed by atoms with Crippen molar-refractivity contribution < 1.29 is 14.6 Å². The Labute approximate surface area is 148 Å². The third kappa shape index (κ3) is 2.86. The molecule has 0 saturated carbocycles. The predicted octanol–water partition coefficient (Wildman–Crippen LogP) is 3.24. The first-order chi connectivity index (χ1) is 12.2. The molecule has 2 aliphatic heterocycles. The molecule has 2 aliphatic rings. The van der Waals surface area contributed by atoms with Crippen LogP contribution in [0, 0.1) is 0 Å². The van der Waals surface area contributed by atoms with Crippen LogP contribution in [-0.2, 0) is 9.53 Å². The monoisotopic (exact) mass is 337 g/mol. The van der Waals surface area contributed by atoms with Gasteiger partial charge in [-0.3, -0.25) is 4.79 Å². The van der Waals surface area contributed by atoms with Gasteiger partial charge in [0.1, 0.15) is 12.2 Å². The van der Waals surface area contributed by atoms with Gasteiger partial charge in [-0.1, -0.05) is 60.7 Å². The minimum absolute atomic E-state index is 0.0857. The molecule has 2 aromatic rings. The second-order valence-corrected chi connectivity index (χ2v) is 6.87. The largest absolute Gasteiger partial charge is 0.385 e. The van der Waals surface area contributed by atoms with Crippen LogP contribution < -0.4 is 0 Å². The van der Waals surface area contributed by atoms with Crippen molar-refractivity contribution in [1.29, 1.82) is 0 Å². The van der Waals surface area contributed by atoms with Gasteiger partial charge < -0.3 is 14.7 Å². The van der Waals surface area contributed by atoms with E-state index in [1.165, 1.54) is 0 Å². The van der Waals surface area contributed by atoms with Crippen molar-refractivity contribution in [3.05, 3.63) is 71.8 Å². The zero-order valence-corrected chi connectivity index (χ0v) is 14.2. The highest BCUT2D eigenvalue weighted by molar-refractivity contribution is 5.90. The molecule has 130 valence electrons. The molecule has 2 aromatic carbocycles. The van der Waals surface area contributed by atoms with E-state index in [1.54, 1.807) is 0 Å². The Bertz CT molecular complexity index is 727. The molecule has 4 nitrogen and oxygen atoms in total. The van der Waals surface area contributed by atoms with E-state index in [0.717, 1.165) is 37.9 Å². The van der Waals surface area contributed by atoms with E-state index in [9.17, 15) is 9.90 Å². The fourth-order valence-corrected chi connectivity index (χ4v) is 3.82. The lowest BCUT2D eigenvalue weighted by molar-refractivity contribution is -0.142. The first-order valence-corrected chi connectivity index (χ1v) is 8.98. The number of ether oxygens (including phenoxy) is 1. The van der Waals surface area contributed by atoms with Crippen LogP contribution in [-0.4, -0.2) is 34.6 Å². The van der Waals surface area contributed by atoms with Crippen molar-refractivity contribution in [2.24, 2.45) is 0 Å². The number of aliphatic hydroxyl groups is 1. The Balaban J connectivity index is 1.68. The number of hydrogen-bond donors (Lipinski definition) is 1. The highest BCUT2D eigenvalue weighted by atomic mass is 16.6. The van der Waals surface area contributed by atoms with Crippen molar-refractivity contribution in [2.75, 3.05) is 13.1 Å². The third-order valence-corrected chi connectivity index (χ3v) is 5.25. The van der Waals surface area contributed by atoms with Crippen LogP contribution in [0.4, 0.5) is 0 Å². The first-order valence-electron chi connectivity index (χ1n) is 8.98. The molecule has 1 amide bonds. The molecule has 0 spiro atoms. The lowest BCUT2D eigenvalue weighted by atomic mass is 9.87. The van der Waals surface area contributed by atoms with Gasteiger partial charge in [0.2, 0.25) is 5.60 Å². The summed E-state index contributed by atoms with van der Waals surface area (Å²) in [5, 5.41) is 11.1. The standard InChI is InChI=1S/C21H23NO3/c23-18(16-10-4-1-5-11-16)21(20(24)22-14-8-3-9-15-22)19(25-21)17-12-6-2-7-13-17/h1-2,4-7,10-13,18-19,23H,3,8-9,14-15H2/t18-,19-,21+/m0/s1. The molecule has 2 heterocycles. The number of benzene rings is 2. The number of nitrogens with zero attached hydrogens (tertiary/aromatic N) is 1. The maximum atomic E-state index is 13.3. The van der Waals surface area contributed by atoms with E-state index in [1.807, 2.05) is 65.6 Å². The molecule has 2 saturated heterocycles. The first kappa shape index (κ1) is 16.3.